The van der Waals surface area contributed by atoms with E-state index in [1.807, 2.05) is 0 Å². The van der Waals surface area contributed by atoms with E-state index in [1.165, 1.54) is 13.2 Å². The van der Waals surface area contributed by atoms with Crippen molar-refractivity contribution < 1.29 is 93.8 Å². The van der Waals surface area contributed by atoms with E-state index in [0.29, 0.717) is 12.8 Å². The molecule has 0 radical (unpaired) electrons. The van der Waals surface area contributed by atoms with Crippen molar-refractivity contribution in [1.29, 1.82) is 0 Å². The monoisotopic (exact) mass is 874 g/mol. The predicted octanol–water partition coefficient (Wildman–Crippen LogP) is -2.27. The highest BCUT2D eigenvalue weighted by molar-refractivity contribution is 5.85. The minimum Gasteiger partial charge on any atom is -0.458 e. The molecule has 8 aliphatic rings. The summed E-state index contributed by atoms with van der Waals surface area (Å²) in [4.78, 5) is 12.0. The molecule has 3 saturated heterocycles. The van der Waals surface area contributed by atoms with Gasteiger partial charge in [-0.2, -0.15) is 0 Å². The number of hydrogen-bond acceptors (Lipinski definition) is 19. The number of ether oxygens (including phenoxy) is 8. The number of rotatable bonds is 10. The molecule has 0 amide bonds. The molecule has 0 spiro atoms. The number of aliphatic hydroxyl groups excluding tert-OH is 9. The lowest BCUT2D eigenvalue weighted by Gasteiger charge is -2.63. The summed E-state index contributed by atoms with van der Waals surface area (Å²) in [6, 6.07) is 0. The highest BCUT2D eigenvalue weighted by atomic mass is 16.8. The van der Waals surface area contributed by atoms with Gasteiger partial charge in [-0.25, -0.2) is 4.79 Å². The predicted molar refractivity (Wildman–Crippen MR) is 204 cm³/mol. The van der Waals surface area contributed by atoms with Gasteiger partial charge >= 0.3 is 5.97 Å². The fourth-order valence-electron chi connectivity index (χ4n) is 13.1. The molecule has 0 aromatic carbocycles. The standard InChI is InChI=1S/C42H66O19/c1-17-34(60-39-32(51)35(29(48)25(15-44)59-39)61-37-31(50)30(49)28(47)24(14-43)58-37)36(54-4)33(52)38(56-17)57-20-7-9-40(2)19(12-20)5-6-22-21(40)8-10-41(3)27(18-11-26(46)55-16-18)23(45)13-42(22,41)53/h11,17,19-25,27-39,43-45,47-53H,5-10,12-16H2,1-4H3/t17-,19-,20+,21+,22-,23+,24-,25-,27+,28-,29-,30+,31-,32-,33-,34+,35+,36-,37+,38+,39+,40+,41-,42+/m1/s1. The van der Waals surface area contributed by atoms with E-state index < -0.39 is 128 Å². The highest BCUT2D eigenvalue weighted by Gasteiger charge is 2.70. The molecule has 10 N–H and O–H groups in total. The van der Waals surface area contributed by atoms with E-state index in [1.54, 1.807) is 6.92 Å². The first-order valence-electron chi connectivity index (χ1n) is 21.9. The van der Waals surface area contributed by atoms with Crippen molar-refractivity contribution in [2.45, 2.75) is 182 Å². The van der Waals surface area contributed by atoms with Gasteiger partial charge in [0.2, 0.25) is 0 Å². The van der Waals surface area contributed by atoms with Crippen LogP contribution in [0.5, 0.6) is 0 Å². The van der Waals surface area contributed by atoms with Crippen LogP contribution in [0.1, 0.15) is 72.1 Å². The fourth-order valence-corrected chi connectivity index (χ4v) is 13.1. The maximum Gasteiger partial charge on any atom is 0.331 e. The van der Waals surface area contributed by atoms with E-state index in [-0.39, 0.29) is 48.2 Å². The third-order valence-corrected chi connectivity index (χ3v) is 16.5. The second-order valence-electron chi connectivity index (χ2n) is 19.5. The van der Waals surface area contributed by atoms with Crippen LogP contribution in [0.3, 0.4) is 0 Å². The van der Waals surface area contributed by atoms with Gasteiger partial charge in [0.25, 0.3) is 0 Å². The first-order chi connectivity index (χ1) is 28.9. The van der Waals surface area contributed by atoms with Crippen LogP contribution in [0.15, 0.2) is 11.6 Å². The topological polar surface area (TPSA) is 293 Å². The summed E-state index contributed by atoms with van der Waals surface area (Å²) in [5.41, 5.74) is -1.00. The second kappa shape index (κ2) is 17.4. The number of carbonyl (C=O) groups excluding carboxylic acids is 1. The Bertz CT molecular complexity index is 1600. The molecule has 0 bridgehead atoms. The Morgan fingerprint density at radius 3 is 2.02 bits per heavy atom. The summed E-state index contributed by atoms with van der Waals surface area (Å²) in [5.74, 6) is -0.253. The summed E-state index contributed by atoms with van der Waals surface area (Å²) >= 11 is 0. The van der Waals surface area contributed by atoms with Gasteiger partial charge in [-0.15, -0.1) is 0 Å². The summed E-state index contributed by atoms with van der Waals surface area (Å²) in [6.45, 7) is 4.75. The minimum atomic E-state index is -1.84. The fraction of sp³-hybridized carbons (Fsp3) is 0.929. The van der Waals surface area contributed by atoms with Crippen molar-refractivity contribution in [3.63, 3.8) is 0 Å². The van der Waals surface area contributed by atoms with E-state index in [0.717, 1.165) is 37.7 Å². The molecule has 4 aliphatic heterocycles. The largest absolute Gasteiger partial charge is 0.458 e. The molecule has 0 aromatic rings. The molecule has 8 rings (SSSR count). The summed E-state index contributed by atoms with van der Waals surface area (Å²) in [5, 5.41) is 109. The number of methoxy groups -OCH3 is 1. The number of carbonyl (C=O) groups is 1. The minimum absolute atomic E-state index is 0.0101. The van der Waals surface area contributed by atoms with Crippen LogP contribution in [0.2, 0.25) is 0 Å². The van der Waals surface area contributed by atoms with Crippen LogP contribution >= 0.6 is 0 Å². The van der Waals surface area contributed by atoms with Crippen LogP contribution in [0, 0.1) is 34.5 Å². The van der Waals surface area contributed by atoms with Gasteiger partial charge < -0.3 is 89.0 Å². The first-order valence-corrected chi connectivity index (χ1v) is 21.9. The molecule has 61 heavy (non-hydrogen) atoms. The van der Waals surface area contributed by atoms with Gasteiger partial charge in [-0.1, -0.05) is 13.8 Å². The quantitative estimate of drug-likeness (QED) is 0.0818. The Morgan fingerprint density at radius 1 is 0.721 bits per heavy atom. The van der Waals surface area contributed by atoms with Gasteiger partial charge in [0, 0.05) is 30.9 Å². The lowest BCUT2D eigenvalue weighted by Crippen LogP contribution is -2.66. The molecule has 4 saturated carbocycles. The van der Waals surface area contributed by atoms with E-state index >= 15 is 0 Å². The van der Waals surface area contributed by atoms with E-state index in [4.69, 9.17) is 37.9 Å². The van der Waals surface area contributed by atoms with Crippen LogP contribution in [-0.4, -0.2) is 194 Å². The summed E-state index contributed by atoms with van der Waals surface area (Å²) in [6.07, 6.45) is -15.6. The zero-order valence-electron chi connectivity index (χ0n) is 35.1. The average molecular weight is 875 g/mol. The maximum atomic E-state index is 12.6. The van der Waals surface area contributed by atoms with Crippen LogP contribution in [0.4, 0.5) is 0 Å². The van der Waals surface area contributed by atoms with Gasteiger partial charge in [0.1, 0.15) is 73.8 Å². The highest BCUT2D eigenvalue weighted by Crippen LogP contribution is 2.70. The van der Waals surface area contributed by atoms with E-state index in [2.05, 4.69) is 13.8 Å². The van der Waals surface area contributed by atoms with E-state index in [9.17, 15) is 55.9 Å². The van der Waals surface area contributed by atoms with Gasteiger partial charge in [-0.3, -0.25) is 0 Å². The van der Waals surface area contributed by atoms with Crippen molar-refractivity contribution in [2.24, 2.45) is 34.5 Å². The Labute approximate surface area is 354 Å². The Balaban J connectivity index is 0.903. The van der Waals surface area contributed by atoms with Crippen LogP contribution in [0.25, 0.3) is 0 Å². The molecule has 24 atom stereocenters. The zero-order chi connectivity index (χ0) is 43.9. The first kappa shape index (κ1) is 46.1. The lowest BCUT2D eigenvalue weighted by atomic mass is 9.43. The van der Waals surface area contributed by atoms with Crippen molar-refractivity contribution in [3.05, 3.63) is 11.6 Å². The number of aliphatic hydroxyl groups is 10. The Hall–Kier alpha value is -1.47. The molecule has 4 aliphatic carbocycles. The molecule has 7 fully saturated rings. The second-order valence-corrected chi connectivity index (χ2v) is 19.5. The SMILES string of the molecule is CO[C@@H]1[C@@H](O)[C@H](O[C@H]2CC[C@@]3(C)[C@H](CC[C@@H]4[C@@H]3CC[C@]3(C)[C@@H](C5=CC(=O)OC5)[C@@H](O)C[C@]43O)C2)O[C@H](C)[C@@H]1O[C@@H]1O[C@H](CO)[C@@H](O)[C@H](O[C@@H]2O[C@H](CO)[C@@H](O)[C@H](O)[C@H]2O)[C@H]1O. The molecule has 4 heterocycles. The van der Waals surface area contributed by atoms with Gasteiger partial charge in [-0.05, 0) is 80.6 Å². The van der Waals surface area contributed by atoms with Crippen molar-refractivity contribution in [2.75, 3.05) is 26.9 Å². The molecule has 19 heteroatoms. The molecule has 348 valence electrons. The smallest absolute Gasteiger partial charge is 0.331 e. The maximum absolute atomic E-state index is 12.6. The molecule has 19 nitrogen and oxygen atoms in total. The lowest BCUT2D eigenvalue weighted by molar-refractivity contribution is -0.381. The molecule has 0 aromatic heterocycles. The number of esters is 1. The van der Waals surface area contributed by atoms with Crippen LogP contribution in [-0.2, 0) is 42.7 Å². The van der Waals surface area contributed by atoms with Gasteiger partial charge in [0.15, 0.2) is 18.9 Å². The molecular weight excluding hydrogens is 808 g/mol. The normalized spacial score (nSPS) is 55.0. The Morgan fingerprint density at radius 2 is 1.36 bits per heavy atom. The summed E-state index contributed by atoms with van der Waals surface area (Å²) in [7, 11) is 1.37. The molecular formula is C42H66O19. The summed E-state index contributed by atoms with van der Waals surface area (Å²) < 4.78 is 46.7. The van der Waals surface area contributed by atoms with Crippen LogP contribution < -0.4 is 0 Å². The third-order valence-electron chi connectivity index (χ3n) is 16.5. The average Bonchev–Trinajstić information content (AvgIpc) is 3.74. The van der Waals surface area contributed by atoms with Crippen molar-refractivity contribution >= 4 is 5.97 Å². The number of fused-ring (bicyclic) bond motifs is 5. The number of cyclic esters (lactones) is 1. The molecule has 0 unspecified atom stereocenters. The van der Waals surface area contributed by atoms with Crippen molar-refractivity contribution in [1.82, 2.24) is 0 Å². The Kier molecular flexibility index (Phi) is 13.1. The van der Waals surface area contributed by atoms with Crippen molar-refractivity contribution in [3.8, 4) is 0 Å². The zero-order valence-corrected chi connectivity index (χ0v) is 35.1. The number of hydrogen-bond donors (Lipinski definition) is 10. The third kappa shape index (κ3) is 7.63. The van der Waals surface area contributed by atoms with Gasteiger partial charge in [0.05, 0.1) is 37.1 Å².